The van der Waals surface area contributed by atoms with Crippen LogP contribution < -0.4 is 0 Å². The summed E-state index contributed by atoms with van der Waals surface area (Å²) >= 11 is 0. The number of likely N-dealkylation sites (tertiary alicyclic amines) is 2. The van der Waals surface area contributed by atoms with E-state index in [1.165, 1.54) is 38.7 Å². The number of imidazole rings is 1. The van der Waals surface area contributed by atoms with Gasteiger partial charge in [-0.05, 0) is 106 Å². The van der Waals surface area contributed by atoms with Crippen LogP contribution in [0.2, 0.25) is 0 Å². The Morgan fingerprint density at radius 3 is 2.24 bits per heavy atom. The molecule has 2 aromatic carbocycles. The predicted molar refractivity (Wildman–Crippen MR) is 147 cm³/mol. The zero-order chi connectivity index (χ0) is 26.3. The zero-order valence-corrected chi connectivity index (χ0v) is 23.3. The molecular weight excluding hydrogens is 487 g/mol. The fraction of sp³-hybridized carbons (Fsp3) is 0.552. The topological polar surface area (TPSA) is 58.4 Å². The molecular formula is C29H39FN4O2S. The van der Waals surface area contributed by atoms with E-state index in [4.69, 9.17) is 4.98 Å². The Morgan fingerprint density at radius 1 is 1.00 bits per heavy atom. The van der Waals surface area contributed by atoms with E-state index >= 15 is 4.39 Å². The molecule has 8 heteroatoms. The second-order valence-corrected chi connectivity index (χ2v) is 13.4. The van der Waals surface area contributed by atoms with Crippen molar-refractivity contribution in [2.45, 2.75) is 56.4 Å². The summed E-state index contributed by atoms with van der Waals surface area (Å²) in [5.41, 5.74) is 2.93. The number of halogens is 1. The first-order chi connectivity index (χ1) is 17.6. The Labute approximate surface area is 220 Å². The number of piperidine rings is 2. The van der Waals surface area contributed by atoms with Gasteiger partial charge in [-0.2, -0.15) is 0 Å². The standard InChI is InChI=1S/C29H39FN4O2S/c1-20(2)19-33-13-11-24(12-14-33)34-15-9-21(10-16-34)23-17-26(30)28-27(18-23)31-29(32(28)3)22-5-7-25(8-6-22)37(4,35)36/h5-8,17-18,20-21,24H,9-16,19H2,1-4H3. The van der Waals surface area contributed by atoms with E-state index in [9.17, 15) is 8.42 Å². The van der Waals surface area contributed by atoms with Crippen molar-refractivity contribution in [1.29, 1.82) is 0 Å². The van der Waals surface area contributed by atoms with Crippen molar-refractivity contribution < 1.29 is 12.8 Å². The highest BCUT2D eigenvalue weighted by Gasteiger charge is 2.29. The van der Waals surface area contributed by atoms with Gasteiger partial charge in [0.25, 0.3) is 0 Å². The molecule has 0 spiro atoms. The molecule has 2 aliphatic rings. The largest absolute Gasteiger partial charge is 0.325 e. The Bertz CT molecular complexity index is 1350. The summed E-state index contributed by atoms with van der Waals surface area (Å²) in [5, 5.41) is 0. The van der Waals surface area contributed by atoms with Crippen LogP contribution >= 0.6 is 0 Å². The molecule has 5 rings (SSSR count). The molecule has 0 unspecified atom stereocenters. The average molecular weight is 527 g/mol. The van der Waals surface area contributed by atoms with Gasteiger partial charge in [-0.25, -0.2) is 17.8 Å². The highest BCUT2D eigenvalue weighted by atomic mass is 32.2. The van der Waals surface area contributed by atoms with Crippen LogP contribution in [-0.4, -0.2) is 72.8 Å². The first-order valence-corrected chi connectivity index (χ1v) is 15.4. The van der Waals surface area contributed by atoms with E-state index < -0.39 is 9.84 Å². The highest BCUT2D eigenvalue weighted by Crippen LogP contribution is 2.34. The lowest BCUT2D eigenvalue weighted by molar-refractivity contribution is 0.0828. The highest BCUT2D eigenvalue weighted by molar-refractivity contribution is 7.90. The van der Waals surface area contributed by atoms with Gasteiger partial charge in [0.15, 0.2) is 9.84 Å². The average Bonchev–Trinajstić information content (AvgIpc) is 3.20. The van der Waals surface area contributed by atoms with E-state index in [0.717, 1.165) is 43.0 Å². The third-order valence-electron chi connectivity index (χ3n) is 8.18. The molecule has 0 amide bonds. The van der Waals surface area contributed by atoms with Crippen LogP contribution in [-0.2, 0) is 16.9 Å². The molecule has 3 aromatic rings. The van der Waals surface area contributed by atoms with Crippen molar-refractivity contribution in [3.8, 4) is 11.4 Å². The summed E-state index contributed by atoms with van der Waals surface area (Å²) in [4.78, 5) is 10.3. The van der Waals surface area contributed by atoms with Crippen LogP contribution in [0, 0.1) is 11.7 Å². The molecule has 0 N–H and O–H groups in total. The normalized spacial score (nSPS) is 19.3. The fourth-order valence-corrected chi connectivity index (χ4v) is 6.87. The molecule has 2 fully saturated rings. The van der Waals surface area contributed by atoms with E-state index in [1.807, 2.05) is 7.05 Å². The molecule has 2 aliphatic heterocycles. The number of aromatic nitrogens is 2. The minimum absolute atomic E-state index is 0.249. The molecule has 0 radical (unpaired) electrons. The van der Waals surface area contributed by atoms with Crippen LogP contribution in [0.15, 0.2) is 41.3 Å². The van der Waals surface area contributed by atoms with Gasteiger partial charge in [0, 0.05) is 31.5 Å². The van der Waals surface area contributed by atoms with Crippen molar-refractivity contribution in [3.05, 3.63) is 47.8 Å². The van der Waals surface area contributed by atoms with Gasteiger partial charge in [0.1, 0.15) is 17.2 Å². The van der Waals surface area contributed by atoms with E-state index in [2.05, 4.69) is 29.7 Å². The molecule has 1 aromatic heterocycles. The lowest BCUT2D eigenvalue weighted by atomic mass is 9.87. The zero-order valence-electron chi connectivity index (χ0n) is 22.5. The van der Waals surface area contributed by atoms with Crippen molar-refractivity contribution in [1.82, 2.24) is 19.4 Å². The molecule has 3 heterocycles. The molecule has 37 heavy (non-hydrogen) atoms. The summed E-state index contributed by atoms with van der Waals surface area (Å²) in [7, 11) is -1.46. The SMILES string of the molecule is CC(C)CN1CCC(N2CCC(c3cc(F)c4c(c3)nc(-c3ccc(S(C)(=O)=O)cc3)n4C)CC2)CC1. The second kappa shape index (κ2) is 10.5. The number of hydrogen-bond donors (Lipinski definition) is 0. The number of aryl methyl sites for hydroxylation is 1. The number of rotatable bonds is 6. The number of hydrogen-bond acceptors (Lipinski definition) is 5. The second-order valence-electron chi connectivity index (χ2n) is 11.4. The van der Waals surface area contributed by atoms with Crippen LogP contribution in [0.4, 0.5) is 4.39 Å². The summed E-state index contributed by atoms with van der Waals surface area (Å²) in [6, 6.07) is 11.1. The predicted octanol–water partition coefficient (Wildman–Crippen LogP) is 5.08. The summed E-state index contributed by atoms with van der Waals surface area (Å²) in [6.07, 6.45) is 5.78. The minimum atomic E-state index is -3.27. The van der Waals surface area contributed by atoms with Gasteiger partial charge < -0.3 is 14.4 Å². The third kappa shape index (κ3) is 5.61. The molecule has 200 valence electrons. The van der Waals surface area contributed by atoms with Crippen molar-refractivity contribution >= 4 is 20.9 Å². The van der Waals surface area contributed by atoms with Gasteiger partial charge in [0.05, 0.1) is 10.4 Å². The lowest BCUT2D eigenvalue weighted by Crippen LogP contribution is -2.48. The number of fused-ring (bicyclic) bond motifs is 1. The van der Waals surface area contributed by atoms with Gasteiger partial charge in [-0.1, -0.05) is 13.8 Å². The Morgan fingerprint density at radius 2 is 1.65 bits per heavy atom. The van der Waals surface area contributed by atoms with Gasteiger partial charge in [0.2, 0.25) is 0 Å². The number of benzene rings is 2. The maximum absolute atomic E-state index is 15.4. The van der Waals surface area contributed by atoms with Gasteiger partial charge >= 0.3 is 0 Å². The molecule has 0 bridgehead atoms. The monoisotopic (exact) mass is 526 g/mol. The van der Waals surface area contributed by atoms with E-state index in [-0.39, 0.29) is 10.7 Å². The van der Waals surface area contributed by atoms with Crippen molar-refractivity contribution in [2.75, 3.05) is 39.0 Å². The minimum Gasteiger partial charge on any atom is -0.325 e. The Hall–Kier alpha value is -2.29. The van der Waals surface area contributed by atoms with Crippen LogP contribution in [0.3, 0.4) is 0 Å². The molecule has 6 nitrogen and oxygen atoms in total. The Kier molecular flexibility index (Phi) is 7.44. The third-order valence-corrected chi connectivity index (χ3v) is 9.31. The van der Waals surface area contributed by atoms with Crippen molar-refractivity contribution in [2.24, 2.45) is 13.0 Å². The smallest absolute Gasteiger partial charge is 0.175 e. The van der Waals surface area contributed by atoms with Gasteiger partial charge in [-0.3, -0.25) is 0 Å². The quantitative estimate of drug-likeness (QED) is 0.448. The molecule has 2 saturated heterocycles. The van der Waals surface area contributed by atoms with Crippen LogP contribution in [0.1, 0.15) is 51.0 Å². The maximum atomic E-state index is 15.4. The Balaban J connectivity index is 1.28. The summed E-state index contributed by atoms with van der Waals surface area (Å²) < 4.78 is 40.7. The first kappa shape index (κ1) is 26.3. The maximum Gasteiger partial charge on any atom is 0.175 e. The summed E-state index contributed by atoms with van der Waals surface area (Å²) in [6.45, 7) is 10.3. The molecule has 0 aliphatic carbocycles. The van der Waals surface area contributed by atoms with Crippen LogP contribution in [0.5, 0.6) is 0 Å². The van der Waals surface area contributed by atoms with Crippen molar-refractivity contribution in [3.63, 3.8) is 0 Å². The summed E-state index contributed by atoms with van der Waals surface area (Å²) in [5.74, 6) is 1.45. The molecule has 0 saturated carbocycles. The first-order valence-electron chi connectivity index (χ1n) is 13.5. The van der Waals surface area contributed by atoms with E-state index in [0.29, 0.717) is 28.8 Å². The van der Waals surface area contributed by atoms with E-state index in [1.54, 1.807) is 34.9 Å². The lowest BCUT2D eigenvalue weighted by Gasteiger charge is -2.42. The number of nitrogens with zero attached hydrogens (tertiary/aromatic N) is 4. The number of sulfone groups is 1. The van der Waals surface area contributed by atoms with Gasteiger partial charge in [-0.15, -0.1) is 0 Å². The molecule has 0 atom stereocenters. The fourth-order valence-electron chi connectivity index (χ4n) is 6.24. The van der Waals surface area contributed by atoms with Crippen LogP contribution in [0.25, 0.3) is 22.4 Å².